The molecule has 5 heteroatoms. The Balaban J connectivity index is 3.67. The minimum absolute atomic E-state index is 0.224. The molecule has 0 aromatic rings. The summed E-state index contributed by atoms with van der Waals surface area (Å²) in [6.45, 7) is 11.6. The van der Waals surface area contributed by atoms with Gasteiger partial charge in [0.25, 0.3) is 0 Å². The standard InChI is InChI=1S/C11H28N2O2Si/c1-5-14-16(4,15-6-2)9-7-8-13-10-11(3)12/h11,13H,5-10,12H2,1-4H3. The van der Waals surface area contributed by atoms with Crippen LogP contribution in [-0.2, 0) is 8.85 Å². The van der Waals surface area contributed by atoms with Crippen LogP contribution in [0.3, 0.4) is 0 Å². The molecule has 0 rings (SSSR count). The zero-order chi connectivity index (χ0) is 12.4. The number of nitrogens with one attached hydrogen (secondary N) is 1. The van der Waals surface area contributed by atoms with Gasteiger partial charge in [-0.3, -0.25) is 0 Å². The number of hydrogen-bond donors (Lipinski definition) is 2. The summed E-state index contributed by atoms with van der Waals surface area (Å²) in [6.07, 6.45) is 1.09. The van der Waals surface area contributed by atoms with Crippen molar-refractivity contribution in [3.05, 3.63) is 0 Å². The fraction of sp³-hybridized carbons (Fsp3) is 1.00. The van der Waals surface area contributed by atoms with Crippen molar-refractivity contribution in [3.8, 4) is 0 Å². The molecule has 0 aromatic heterocycles. The van der Waals surface area contributed by atoms with Gasteiger partial charge in [-0.1, -0.05) is 0 Å². The van der Waals surface area contributed by atoms with Gasteiger partial charge in [0.1, 0.15) is 0 Å². The van der Waals surface area contributed by atoms with Crippen molar-refractivity contribution in [2.75, 3.05) is 26.3 Å². The van der Waals surface area contributed by atoms with E-state index in [0.29, 0.717) is 0 Å². The van der Waals surface area contributed by atoms with E-state index in [1.165, 1.54) is 0 Å². The summed E-state index contributed by atoms with van der Waals surface area (Å²) in [5.41, 5.74) is 5.65. The van der Waals surface area contributed by atoms with Crippen LogP contribution in [0, 0.1) is 0 Å². The van der Waals surface area contributed by atoms with Gasteiger partial charge in [-0.15, -0.1) is 0 Å². The van der Waals surface area contributed by atoms with Gasteiger partial charge >= 0.3 is 8.56 Å². The third-order valence-corrected chi connectivity index (χ3v) is 5.41. The van der Waals surface area contributed by atoms with Gasteiger partial charge in [0.2, 0.25) is 0 Å². The molecule has 1 unspecified atom stereocenters. The largest absolute Gasteiger partial charge is 0.395 e. The van der Waals surface area contributed by atoms with Crippen molar-refractivity contribution in [1.82, 2.24) is 5.32 Å². The van der Waals surface area contributed by atoms with E-state index in [0.717, 1.165) is 38.8 Å². The molecular weight excluding hydrogens is 220 g/mol. The Morgan fingerprint density at radius 2 is 1.81 bits per heavy atom. The first-order valence-corrected chi connectivity index (χ1v) is 8.80. The first-order chi connectivity index (χ1) is 7.54. The number of nitrogens with two attached hydrogens (primary N) is 1. The molecule has 0 aromatic carbocycles. The van der Waals surface area contributed by atoms with Crippen LogP contribution >= 0.6 is 0 Å². The molecule has 0 saturated heterocycles. The summed E-state index contributed by atoms with van der Waals surface area (Å²) < 4.78 is 11.5. The SMILES string of the molecule is CCO[Si](C)(CCCNCC(C)N)OCC. The summed E-state index contributed by atoms with van der Waals surface area (Å²) in [6, 6.07) is 1.27. The Morgan fingerprint density at radius 3 is 2.25 bits per heavy atom. The smallest absolute Gasteiger partial charge is 0.334 e. The maximum Gasteiger partial charge on any atom is 0.334 e. The maximum atomic E-state index is 5.76. The molecule has 0 aliphatic heterocycles. The van der Waals surface area contributed by atoms with Crippen LogP contribution in [0.25, 0.3) is 0 Å². The minimum Gasteiger partial charge on any atom is -0.395 e. The predicted octanol–water partition coefficient (Wildman–Crippen LogP) is 1.46. The molecule has 0 fully saturated rings. The van der Waals surface area contributed by atoms with Crippen LogP contribution in [-0.4, -0.2) is 40.9 Å². The van der Waals surface area contributed by atoms with Crippen LogP contribution in [0.5, 0.6) is 0 Å². The normalized spacial score (nSPS) is 14.1. The first kappa shape index (κ1) is 16.1. The first-order valence-electron chi connectivity index (χ1n) is 6.28. The molecule has 0 saturated carbocycles. The van der Waals surface area contributed by atoms with E-state index in [2.05, 4.69) is 11.9 Å². The van der Waals surface area contributed by atoms with Crippen molar-refractivity contribution >= 4 is 8.56 Å². The molecule has 16 heavy (non-hydrogen) atoms. The molecule has 0 bridgehead atoms. The Bertz CT molecular complexity index is 162. The molecule has 98 valence electrons. The van der Waals surface area contributed by atoms with Gasteiger partial charge in [0.15, 0.2) is 0 Å². The quantitative estimate of drug-likeness (QED) is 0.454. The molecular formula is C11H28N2O2Si. The topological polar surface area (TPSA) is 56.5 Å². The van der Waals surface area contributed by atoms with E-state index in [-0.39, 0.29) is 6.04 Å². The highest BCUT2D eigenvalue weighted by Crippen LogP contribution is 2.15. The molecule has 1 atom stereocenters. The maximum absolute atomic E-state index is 5.76. The second-order valence-corrected chi connectivity index (χ2v) is 7.63. The van der Waals surface area contributed by atoms with Gasteiger partial charge in [0, 0.05) is 25.8 Å². The lowest BCUT2D eigenvalue weighted by Gasteiger charge is -2.26. The lowest BCUT2D eigenvalue weighted by Crippen LogP contribution is -2.39. The number of hydrogen-bond acceptors (Lipinski definition) is 4. The average molecular weight is 248 g/mol. The molecule has 0 aliphatic rings. The zero-order valence-electron chi connectivity index (χ0n) is 11.2. The molecule has 0 amide bonds. The Hall–Kier alpha value is 0.0569. The molecule has 0 heterocycles. The van der Waals surface area contributed by atoms with E-state index in [9.17, 15) is 0 Å². The van der Waals surface area contributed by atoms with Crippen molar-refractivity contribution < 1.29 is 8.85 Å². The number of rotatable bonds is 10. The zero-order valence-corrected chi connectivity index (χ0v) is 12.2. The van der Waals surface area contributed by atoms with Crippen LogP contribution in [0.1, 0.15) is 27.2 Å². The lowest BCUT2D eigenvalue weighted by molar-refractivity contribution is 0.188. The summed E-state index contributed by atoms with van der Waals surface area (Å²) in [5.74, 6) is 0. The van der Waals surface area contributed by atoms with Gasteiger partial charge in [-0.2, -0.15) is 0 Å². The second kappa shape index (κ2) is 9.12. The second-order valence-electron chi connectivity index (χ2n) is 4.28. The fourth-order valence-electron chi connectivity index (χ4n) is 1.66. The molecule has 0 aliphatic carbocycles. The van der Waals surface area contributed by atoms with Crippen molar-refractivity contribution in [2.24, 2.45) is 5.73 Å². The van der Waals surface area contributed by atoms with Crippen LogP contribution in [0.4, 0.5) is 0 Å². The third kappa shape index (κ3) is 8.24. The Morgan fingerprint density at radius 1 is 1.25 bits per heavy atom. The summed E-state index contributed by atoms with van der Waals surface area (Å²) in [5, 5.41) is 3.33. The van der Waals surface area contributed by atoms with E-state index < -0.39 is 8.56 Å². The van der Waals surface area contributed by atoms with Crippen molar-refractivity contribution in [1.29, 1.82) is 0 Å². The predicted molar refractivity (Wildman–Crippen MR) is 70.8 cm³/mol. The molecule has 0 radical (unpaired) electrons. The average Bonchev–Trinajstić information content (AvgIpc) is 2.17. The highest BCUT2D eigenvalue weighted by molar-refractivity contribution is 6.66. The van der Waals surface area contributed by atoms with Crippen molar-refractivity contribution in [2.45, 2.75) is 45.8 Å². The van der Waals surface area contributed by atoms with E-state index >= 15 is 0 Å². The Labute approximate surface area is 101 Å². The van der Waals surface area contributed by atoms with Crippen LogP contribution in [0.15, 0.2) is 0 Å². The van der Waals surface area contributed by atoms with Gasteiger partial charge in [0.05, 0.1) is 0 Å². The lowest BCUT2D eigenvalue weighted by atomic mass is 10.3. The highest BCUT2D eigenvalue weighted by atomic mass is 28.4. The van der Waals surface area contributed by atoms with E-state index in [1.54, 1.807) is 0 Å². The Kier molecular flexibility index (Phi) is 9.16. The highest BCUT2D eigenvalue weighted by Gasteiger charge is 2.29. The monoisotopic (exact) mass is 248 g/mol. The van der Waals surface area contributed by atoms with Gasteiger partial charge in [-0.05, 0) is 46.3 Å². The summed E-state index contributed by atoms with van der Waals surface area (Å²) >= 11 is 0. The van der Waals surface area contributed by atoms with Crippen LogP contribution in [0.2, 0.25) is 12.6 Å². The molecule has 3 N–H and O–H groups in total. The van der Waals surface area contributed by atoms with Gasteiger partial charge < -0.3 is 19.9 Å². The summed E-state index contributed by atoms with van der Waals surface area (Å²) in [4.78, 5) is 0. The molecule has 4 nitrogen and oxygen atoms in total. The third-order valence-electron chi connectivity index (χ3n) is 2.35. The van der Waals surface area contributed by atoms with E-state index in [1.807, 2.05) is 20.8 Å². The minimum atomic E-state index is -1.90. The van der Waals surface area contributed by atoms with Gasteiger partial charge in [-0.25, -0.2) is 0 Å². The van der Waals surface area contributed by atoms with Crippen molar-refractivity contribution in [3.63, 3.8) is 0 Å². The van der Waals surface area contributed by atoms with Crippen LogP contribution < -0.4 is 11.1 Å². The fourth-order valence-corrected chi connectivity index (χ4v) is 4.07. The summed E-state index contributed by atoms with van der Waals surface area (Å²) in [7, 11) is -1.90. The molecule has 0 spiro atoms. The van der Waals surface area contributed by atoms with E-state index in [4.69, 9.17) is 14.6 Å².